The Bertz CT molecular complexity index is 135. The van der Waals surface area contributed by atoms with Crippen LogP contribution in [0, 0.1) is 23.7 Å². The summed E-state index contributed by atoms with van der Waals surface area (Å²) in [5.41, 5.74) is 0. The van der Waals surface area contributed by atoms with Crippen molar-refractivity contribution in [3.8, 4) is 0 Å². The van der Waals surface area contributed by atoms with Crippen LogP contribution in [0.2, 0.25) is 0 Å². The van der Waals surface area contributed by atoms with E-state index < -0.39 is 0 Å². The maximum absolute atomic E-state index is 2.37. The predicted molar refractivity (Wildman–Crippen MR) is 59.7 cm³/mol. The monoisotopic (exact) mass is 182 g/mol. The van der Waals surface area contributed by atoms with Gasteiger partial charge in [-0.2, -0.15) is 0 Å². The summed E-state index contributed by atoms with van der Waals surface area (Å²) in [5.74, 6) is 4.03. The van der Waals surface area contributed by atoms with Crippen LogP contribution in [-0.2, 0) is 0 Å². The molecule has 0 bridgehead atoms. The Kier molecular flexibility index (Phi) is 4.28. The molecule has 0 N–H and O–H groups in total. The fourth-order valence-electron chi connectivity index (χ4n) is 2.38. The summed E-state index contributed by atoms with van der Waals surface area (Å²) in [6, 6.07) is 0. The van der Waals surface area contributed by atoms with Gasteiger partial charge in [0.2, 0.25) is 0 Å². The van der Waals surface area contributed by atoms with Crippen LogP contribution in [0.5, 0.6) is 0 Å². The standard InChI is InChI=1S/C13H26/c1-10(2)7-5-6-8-12-9-13(12)11(3)4/h10-13H,5-9H2,1-4H3. The highest BCUT2D eigenvalue weighted by Crippen LogP contribution is 2.47. The van der Waals surface area contributed by atoms with Crippen molar-refractivity contribution in [2.24, 2.45) is 23.7 Å². The lowest BCUT2D eigenvalue weighted by Gasteiger charge is -2.05. The summed E-state index contributed by atoms with van der Waals surface area (Å²) in [5, 5.41) is 0. The normalized spacial score (nSPS) is 27.2. The molecule has 0 aromatic heterocycles. The van der Waals surface area contributed by atoms with E-state index in [9.17, 15) is 0 Å². The lowest BCUT2D eigenvalue weighted by Crippen LogP contribution is -1.93. The molecule has 0 radical (unpaired) electrons. The molecule has 1 rings (SSSR count). The van der Waals surface area contributed by atoms with Crippen molar-refractivity contribution in [3.05, 3.63) is 0 Å². The van der Waals surface area contributed by atoms with Gasteiger partial charge in [0.1, 0.15) is 0 Å². The minimum absolute atomic E-state index is 0.903. The SMILES string of the molecule is CC(C)CCCCC1CC1C(C)C. The van der Waals surface area contributed by atoms with Crippen LogP contribution in [0.4, 0.5) is 0 Å². The van der Waals surface area contributed by atoms with E-state index in [1.165, 1.54) is 32.1 Å². The van der Waals surface area contributed by atoms with E-state index in [2.05, 4.69) is 27.7 Å². The van der Waals surface area contributed by atoms with Crippen molar-refractivity contribution < 1.29 is 0 Å². The van der Waals surface area contributed by atoms with Gasteiger partial charge in [0.05, 0.1) is 0 Å². The van der Waals surface area contributed by atoms with Crippen LogP contribution < -0.4 is 0 Å². The summed E-state index contributed by atoms with van der Waals surface area (Å²) in [6.07, 6.45) is 7.40. The lowest BCUT2D eigenvalue weighted by molar-refractivity contribution is 0.470. The molecule has 1 aliphatic carbocycles. The van der Waals surface area contributed by atoms with Crippen LogP contribution in [0.25, 0.3) is 0 Å². The van der Waals surface area contributed by atoms with Gasteiger partial charge in [0.15, 0.2) is 0 Å². The van der Waals surface area contributed by atoms with Gasteiger partial charge >= 0.3 is 0 Å². The summed E-state index contributed by atoms with van der Waals surface area (Å²) in [7, 11) is 0. The highest BCUT2D eigenvalue weighted by molar-refractivity contribution is 4.87. The van der Waals surface area contributed by atoms with E-state index >= 15 is 0 Å². The summed E-state index contributed by atoms with van der Waals surface area (Å²) in [6.45, 7) is 9.40. The van der Waals surface area contributed by atoms with Gasteiger partial charge in [-0.1, -0.05) is 53.4 Å². The quantitative estimate of drug-likeness (QED) is 0.531. The zero-order valence-corrected chi connectivity index (χ0v) is 9.84. The molecule has 2 unspecified atom stereocenters. The zero-order chi connectivity index (χ0) is 9.84. The second-order valence-corrected chi connectivity index (χ2v) is 5.58. The first-order valence-electron chi connectivity index (χ1n) is 6.11. The predicted octanol–water partition coefficient (Wildman–Crippen LogP) is 4.49. The second-order valence-electron chi connectivity index (χ2n) is 5.58. The van der Waals surface area contributed by atoms with Gasteiger partial charge in [-0.05, 0) is 30.1 Å². The summed E-state index contributed by atoms with van der Waals surface area (Å²) in [4.78, 5) is 0. The third-order valence-corrected chi connectivity index (χ3v) is 3.44. The molecule has 13 heavy (non-hydrogen) atoms. The van der Waals surface area contributed by atoms with E-state index in [0.717, 1.165) is 23.7 Å². The summed E-state index contributed by atoms with van der Waals surface area (Å²) >= 11 is 0. The van der Waals surface area contributed by atoms with Gasteiger partial charge in [0, 0.05) is 0 Å². The minimum atomic E-state index is 0.903. The molecule has 0 spiro atoms. The van der Waals surface area contributed by atoms with Gasteiger partial charge in [-0.15, -0.1) is 0 Å². The van der Waals surface area contributed by atoms with E-state index in [0.29, 0.717) is 0 Å². The average Bonchev–Trinajstić information content (AvgIpc) is 2.76. The third kappa shape index (κ3) is 4.15. The molecule has 0 saturated heterocycles. The first-order valence-corrected chi connectivity index (χ1v) is 6.11. The van der Waals surface area contributed by atoms with Crippen LogP contribution >= 0.6 is 0 Å². The molecule has 2 atom stereocenters. The Balaban J connectivity index is 1.91. The molecule has 0 aromatic rings. The van der Waals surface area contributed by atoms with Crippen LogP contribution in [0.3, 0.4) is 0 Å². The molecule has 1 aliphatic rings. The zero-order valence-electron chi connectivity index (χ0n) is 9.84. The van der Waals surface area contributed by atoms with Crippen molar-refractivity contribution in [2.75, 3.05) is 0 Å². The van der Waals surface area contributed by atoms with E-state index in [1.807, 2.05) is 0 Å². The Morgan fingerprint density at radius 2 is 1.77 bits per heavy atom. The number of hydrogen-bond donors (Lipinski definition) is 0. The molecule has 1 fully saturated rings. The molecule has 78 valence electrons. The third-order valence-electron chi connectivity index (χ3n) is 3.44. The number of unbranched alkanes of at least 4 members (excludes halogenated alkanes) is 1. The minimum Gasteiger partial charge on any atom is -0.0628 e. The topological polar surface area (TPSA) is 0 Å². The average molecular weight is 182 g/mol. The van der Waals surface area contributed by atoms with E-state index in [4.69, 9.17) is 0 Å². The van der Waals surface area contributed by atoms with Crippen molar-refractivity contribution >= 4 is 0 Å². The first kappa shape index (κ1) is 11.1. The molecular formula is C13H26. The first-order chi connectivity index (χ1) is 6.11. The lowest BCUT2D eigenvalue weighted by atomic mass is 10.0. The number of hydrogen-bond acceptors (Lipinski definition) is 0. The van der Waals surface area contributed by atoms with Crippen molar-refractivity contribution in [1.82, 2.24) is 0 Å². The molecule has 0 aliphatic heterocycles. The van der Waals surface area contributed by atoms with E-state index in [1.54, 1.807) is 0 Å². The Morgan fingerprint density at radius 1 is 1.08 bits per heavy atom. The van der Waals surface area contributed by atoms with Crippen molar-refractivity contribution in [2.45, 2.75) is 59.8 Å². The van der Waals surface area contributed by atoms with Crippen LogP contribution in [0.15, 0.2) is 0 Å². The highest BCUT2D eigenvalue weighted by Gasteiger charge is 2.37. The Hall–Kier alpha value is 0. The Morgan fingerprint density at radius 3 is 2.23 bits per heavy atom. The fraction of sp³-hybridized carbons (Fsp3) is 1.00. The Labute approximate surface area is 84.1 Å². The molecule has 0 heteroatoms. The van der Waals surface area contributed by atoms with Gasteiger partial charge in [-0.25, -0.2) is 0 Å². The molecule has 0 nitrogen and oxygen atoms in total. The second kappa shape index (κ2) is 5.02. The van der Waals surface area contributed by atoms with E-state index in [-0.39, 0.29) is 0 Å². The summed E-state index contributed by atoms with van der Waals surface area (Å²) < 4.78 is 0. The number of rotatable bonds is 6. The molecule has 1 saturated carbocycles. The molecule has 0 heterocycles. The smallest absolute Gasteiger partial charge is 0.0360 e. The molecule has 0 aromatic carbocycles. The maximum Gasteiger partial charge on any atom is -0.0360 e. The molecule has 0 amide bonds. The van der Waals surface area contributed by atoms with Crippen molar-refractivity contribution in [3.63, 3.8) is 0 Å². The van der Waals surface area contributed by atoms with Crippen molar-refractivity contribution in [1.29, 1.82) is 0 Å². The fourth-order valence-corrected chi connectivity index (χ4v) is 2.38. The van der Waals surface area contributed by atoms with Crippen LogP contribution in [0.1, 0.15) is 59.8 Å². The maximum atomic E-state index is 2.37. The van der Waals surface area contributed by atoms with Gasteiger partial charge < -0.3 is 0 Å². The highest BCUT2D eigenvalue weighted by atomic mass is 14.4. The van der Waals surface area contributed by atoms with Crippen LogP contribution in [-0.4, -0.2) is 0 Å². The molecular weight excluding hydrogens is 156 g/mol. The largest absolute Gasteiger partial charge is 0.0628 e. The van der Waals surface area contributed by atoms with Gasteiger partial charge in [0.25, 0.3) is 0 Å². The van der Waals surface area contributed by atoms with Gasteiger partial charge in [-0.3, -0.25) is 0 Å².